The molecule has 1 nitrogen and oxygen atoms in total. The Hall–Kier alpha value is -0.0400. The Balaban J connectivity index is 4.05. The van der Waals surface area contributed by atoms with Gasteiger partial charge in [-0.05, 0) is 49.6 Å². The van der Waals surface area contributed by atoms with Gasteiger partial charge >= 0.3 is 0 Å². The van der Waals surface area contributed by atoms with E-state index in [0.29, 0.717) is 0 Å². The van der Waals surface area contributed by atoms with Gasteiger partial charge in [-0.1, -0.05) is 80.1 Å². The van der Waals surface area contributed by atoms with Crippen LogP contribution in [0.25, 0.3) is 0 Å². The molecule has 2 atom stereocenters. The second kappa shape index (κ2) is 13.6. The third-order valence-corrected chi connectivity index (χ3v) is 5.66. The first-order valence-electron chi connectivity index (χ1n) is 9.85. The minimum atomic E-state index is 0.876. The molecule has 1 heteroatoms. The number of hydrogen-bond acceptors (Lipinski definition) is 1. The highest BCUT2D eigenvalue weighted by Gasteiger charge is 2.15. The molecule has 0 aromatic carbocycles. The molecule has 0 rings (SSSR count). The Morgan fingerprint density at radius 2 is 0.762 bits per heavy atom. The molecule has 0 amide bonds. The summed E-state index contributed by atoms with van der Waals surface area (Å²) in [5.74, 6) is 3.62. The Kier molecular flexibility index (Phi) is 13.6. The highest BCUT2D eigenvalue weighted by Crippen LogP contribution is 2.22. The average molecular weight is 298 g/mol. The van der Waals surface area contributed by atoms with Crippen molar-refractivity contribution in [1.29, 1.82) is 0 Å². The largest absolute Gasteiger partial charge is 0.316 e. The van der Waals surface area contributed by atoms with E-state index < -0.39 is 0 Å². The molecular formula is C20H43N. The van der Waals surface area contributed by atoms with E-state index in [1.165, 1.54) is 64.5 Å². The maximum absolute atomic E-state index is 3.79. The number of hydrogen-bond donors (Lipinski definition) is 1. The van der Waals surface area contributed by atoms with Crippen LogP contribution in [0.4, 0.5) is 0 Å². The lowest BCUT2D eigenvalue weighted by Crippen LogP contribution is -2.29. The summed E-state index contributed by atoms with van der Waals surface area (Å²) in [4.78, 5) is 0. The van der Waals surface area contributed by atoms with Crippen LogP contribution in [0.5, 0.6) is 0 Å². The fourth-order valence-corrected chi connectivity index (χ4v) is 3.47. The van der Waals surface area contributed by atoms with Crippen molar-refractivity contribution < 1.29 is 0 Å². The summed E-state index contributed by atoms with van der Waals surface area (Å²) < 4.78 is 0. The lowest BCUT2D eigenvalue weighted by atomic mass is 9.88. The first-order chi connectivity index (χ1) is 10.1. The molecule has 2 unspecified atom stereocenters. The molecule has 1 N–H and O–H groups in total. The summed E-state index contributed by atoms with van der Waals surface area (Å²) >= 11 is 0. The Morgan fingerprint density at radius 3 is 1.00 bits per heavy atom. The van der Waals surface area contributed by atoms with Gasteiger partial charge in [0.25, 0.3) is 0 Å². The van der Waals surface area contributed by atoms with Crippen molar-refractivity contribution in [2.24, 2.45) is 23.7 Å². The number of rotatable bonds is 14. The van der Waals surface area contributed by atoms with Gasteiger partial charge in [0.15, 0.2) is 0 Å². The van der Waals surface area contributed by atoms with Gasteiger partial charge in [-0.3, -0.25) is 0 Å². The lowest BCUT2D eigenvalue weighted by Gasteiger charge is -2.24. The van der Waals surface area contributed by atoms with Gasteiger partial charge < -0.3 is 5.32 Å². The molecule has 0 saturated heterocycles. The van der Waals surface area contributed by atoms with Gasteiger partial charge in [-0.15, -0.1) is 0 Å². The maximum Gasteiger partial charge on any atom is -0.00204 e. The standard InChI is InChI=1S/C20H43N/c1-7-17(8-2)13-19(11-5)15-21-16-20(12-6)14-18(9-3)10-4/h17-21H,7-16H2,1-6H3. The van der Waals surface area contributed by atoms with Gasteiger partial charge in [-0.25, -0.2) is 0 Å². The van der Waals surface area contributed by atoms with Crippen molar-refractivity contribution in [2.75, 3.05) is 13.1 Å². The molecule has 128 valence electrons. The molecule has 0 aromatic rings. The molecule has 0 aliphatic carbocycles. The maximum atomic E-state index is 3.79. The minimum Gasteiger partial charge on any atom is -0.316 e. The summed E-state index contributed by atoms with van der Waals surface area (Å²) in [5.41, 5.74) is 0. The zero-order valence-electron chi connectivity index (χ0n) is 15.9. The van der Waals surface area contributed by atoms with E-state index in [1.54, 1.807) is 0 Å². The van der Waals surface area contributed by atoms with E-state index in [-0.39, 0.29) is 0 Å². The highest BCUT2D eigenvalue weighted by molar-refractivity contribution is 4.70. The van der Waals surface area contributed by atoms with Crippen LogP contribution in [-0.4, -0.2) is 13.1 Å². The zero-order valence-corrected chi connectivity index (χ0v) is 15.9. The van der Waals surface area contributed by atoms with Crippen molar-refractivity contribution in [3.05, 3.63) is 0 Å². The van der Waals surface area contributed by atoms with E-state index in [2.05, 4.69) is 46.9 Å². The topological polar surface area (TPSA) is 12.0 Å². The monoisotopic (exact) mass is 297 g/mol. The van der Waals surface area contributed by atoms with Gasteiger partial charge in [0.05, 0.1) is 0 Å². The summed E-state index contributed by atoms with van der Waals surface area (Å²) in [6.45, 7) is 16.5. The van der Waals surface area contributed by atoms with E-state index in [1.807, 2.05) is 0 Å². The second-order valence-electron chi connectivity index (χ2n) is 7.04. The van der Waals surface area contributed by atoms with Gasteiger partial charge in [-0.2, -0.15) is 0 Å². The predicted molar refractivity (Wildman–Crippen MR) is 97.8 cm³/mol. The fraction of sp³-hybridized carbons (Fsp3) is 1.00. The molecule has 0 radical (unpaired) electrons. The molecular weight excluding hydrogens is 254 g/mol. The van der Waals surface area contributed by atoms with Gasteiger partial charge in [0.2, 0.25) is 0 Å². The average Bonchev–Trinajstić information content (AvgIpc) is 2.53. The molecule has 0 heterocycles. The van der Waals surface area contributed by atoms with Crippen LogP contribution >= 0.6 is 0 Å². The molecule has 0 aliphatic rings. The third-order valence-electron chi connectivity index (χ3n) is 5.66. The van der Waals surface area contributed by atoms with E-state index in [9.17, 15) is 0 Å². The van der Waals surface area contributed by atoms with Crippen LogP contribution in [0.15, 0.2) is 0 Å². The molecule has 0 fully saturated rings. The molecule has 0 spiro atoms. The SMILES string of the molecule is CCC(CC)CC(CC)CNCC(CC)CC(CC)CC. The summed E-state index contributed by atoms with van der Waals surface area (Å²) in [7, 11) is 0. The smallest absolute Gasteiger partial charge is 0.00204 e. The minimum absolute atomic E-state index is 0.876. The van der Waals surface area contributed by atoms with Gasteiger partial charge in [0.1, 0.15) is 0 Å². The first-order valence-corrected chi connectivity index (χ1v) is 9.85. The van der Waals surface area contributed by atoms with Crippen molar-refractivity contribution in [3.8, 4) is 0 Å². The summed E-state index contributed by atoms with van der Waals surface area (Å²) in [6.07, 6.45) is 10.9. The molecule has 0 saturated carbocycles. The van der Waals surface area contributed by atoms with Crippen LogP contribution in [0.3, 0.4) is 0 Å². The Labute approximate surface area is 135 Å². The third kappa shape index (κ3) is 9.55. The Bertz CT molecular complexity index is 184. The predicted octanol–water partition coefficient (Wildman–Crippen LogP) is 6.28. The van der Waals surface area contributed by atoms with Crippen LogP contribution in [0.2, 0.25) is 0 Å². The van der Waals surface area contributed by atoms with Crippen molar-refractivity contribution in [1.82, 2.24) is 5.32 Å². The Morgan fingerprint density at radius 1 is 0.476 bits per heavy atom. The van der Waals surface area contributed by atoms with E-state index >= 15 is 0 Å². The van der Waals surface area contributed by atoms with Gasteiger partial charge in [0, 0.05) is 0 Å². The van der Waals surface area contributed by atoms with Crippen LogP contribution in [0.1, 0.15) is 92.9 Å². The first kappa shape index (κ1) is 21.0. The summed E-state index contributed by atoms with van der Waals surface area (Å²) in [5, 5.41) is 3.79. The van der Waals surface area contributed by atoms with Crippen molar-refractivity contribution in [2.45, 2.75) is 92.9 Å². The molecule has 21 heavy (non-hydrogen) atoms. The number of nitrogens with one attached hydrogen (secondary N) is 1. The zero-order chi connectivity index (χ0) is 16.1. The van der Waals surface area contributed by atoms with E-state index in [0.717, 1.165) is 23.7 Å². The normalized spacial score (nSPS) is 14.9. The van der Waals surface area contributed by atoms with E-state index in [4.69, 9.17) is 0 Å². The fourth-order valence-electron chi connectivity index (χ4n) is 3.47. The molecule has 0 aromatic heterocycles. The quantitative estimate of drug-likeness (QED) is 0.398. The van der Waals surface area contributed by atoms with Crippen LogP contribution < -0.4 is 5.32 Å². The van der Waals surface area contributed by atoms with Crippen molar-refractivity contribution in [3.63, 3.8) is 0 Å². The molecule has 0 bridgehead atoms. The molecule has 0 aliphatic heterocycles. The second-order valence-corrected chi connectivity index (χ2v) is 7.04. The lowest BCUT2D eigenvalue weighted by molar-refractivity contribution is 0.301. The van der Waals surface area contributed by atoms with Crippen LogP contribution in [0, 0.1) is 23.7 Å². The van der Waals surface area contributed by atoms with Crippen LogP contribution in [-0.2, 0) is 0 Å². The summed E-state index contributed by atoms with van der Waals surface area (Å²) in [6, 6.07) is 0. The highest BCUT2D eigenvalue weighted by atomic mass is 14.9. The van der Waals surface area contributed by atoms with Crippen molar-refractivity contribution >= 4 is 0 Å².